The molecule has 21 heavy (non-hydrogen) atoms. The second-order valence-electron chi connectivity index (χ2n) is 4.82. The molecule has 1 aromatic heterocycles. The summed E-state index contributed by atoms with van der Waals surface area (Å²) in [5, 5.41) is 8.69. The van der Waals surface area contributed by atoms with Gasteiger partial charge in [-0.15, -0.1) is 0 Å². The average Bonchev–Trinajstić information content (AvgIpc) is 2.89. The van der Waals surface area contributed by atoms with Crippen molar-refractivity contribution in [1.82, 2.24) is 9.55 Å². The van der Waals surface area contributed by atoms with E-state index in [0.29, 0.717) is 0 Å². The lowest BCUT2D eigenvalue weighted by Crippen LogP contribution is -1.94. The minimum atomic E-state index is -0.945. The van der Waals surface area contributed by atoms with Crippen molar-refractivity contribution >= 4 is 23.1 Å². The number of carboxylic acids is 1. The van der Waals surface area contributed by atoms with Gasteiger partial charge in [0.1, 0.15) is 6.33 Å². The van der Waals surface area contributed by atoms with Crippen molar-refractivity contribution in [3.8, 4) is 5.69 Å². The molecule has 0 amide bonds. The van der Waals surface area contributed by atoms with Gasteiger partial charge in [-0.2, -0.15) is 0 Å². The van der Waals surface area contributed by atoms with E-state index in [2.05, 4.69) is 4.98 Å². The molecular formula is C17H14N2O2. The molecule has 0 atom stereocenters. The van der Waals surface area contributed by atoms with Crippen LogP contribution in [0, 0.1) is 6.92 Å². The second-order valence-corrected chi connectivity index (χ2v) is 4.82. The Bertz CT molecular complexity index is 847. The van der Waals surface area contributed by atoms with Crippen molar-refractivity contribution in [2.24, 2.45) is 0 Å². The number of nitrogens with zero attached hydrogens (tertiary/aromatic N) is 2. The van der Waals surface area contributed by atoms with Gasteiger partial charge in [-0.25, -0.2) is 9.78 Å². The second kappa shape index (κ2) is 5.25. The average molecular weight is 278 g/mol. The Labute approximate surface area is 122 Å². The molecule has 0 unspecified atom stereocenters. The van der Waals surface area contributed by atoms with Crippen LogP contribution in [0.15, 0.2) is 54.9 Å². The molecule has 3 rings (SSSR count). The first-order chi connectivity index (χ1) is 10.1. The van der Waals surface area contributed by atoms with Crippen molar-refractivity contribution in [2.75, 3.05) is 0 Å². The zero-order valence-electron chi connectivity index (χ0n) is 11.5. The predicted octanol–water partition coefficient (Wildman–Crippen LogP) is 3.43. The Morgan fingerprint density at radius 1 is 1.24 bits per heavy atom. The SMILES string of the molecule is Cc1cc(-n2cnc3ccccc32)ccc1C=CC(=O)O. The van der Waals surface area contributed by atoms with Gasteiger partial charge in [0.15, 0.2) is 0 Å². The number of benzene rings is 2. The number of para-hydroxylation sites is 2. The van der Waals surface area contributed by atoms with Gasteiger partial charge in [0.05, 0.1) is 11.0 Å². The van der Waals surface area contributed by atoms with E-state index in [1.807, 2.05) is 54.0 Å². The quantitative estimate of drug-likeness (QED) is 0.747. The standard InChI is InChI=1S/C17H14N2O2/c1-12-10-14(8-6-13(12)7-9-17(20)21)19-11-18-15-4-2-3-5-16(15)19/h2-11H,1H3,(H,20,21). The van der Waals surface area contributed by atoms with E-state index >= 15 is 0 Å². The minimum Gasteiger partial charge on any atom is -0.478 e. The first kappa shape index (κ1) is 13.1. The van der Waals surface area contributed by atoms with Crippen molar-refractivity contribution in [2.45, 2.75) is 6.92 Å². The summed E-state index contributed by atoms with van der Waals surface area (Å²) in [5.41, 5.74) is 4.91. The third-order valence-corrected chi connectivity index (χ3v) is 3.39. The van der Waals surface area contributed by atoms with E-state index in [1.54, 1.807) is 12.4 Å². The molecule has 104 valence electrons. The maximum Gasteiger partial charge on any atom is 0.328 e. The molecule has 1 N–H and O–H groups in total. The summed E-state index contributed by atoms with van der Waals surface area (Å²) < 4.78 is 2.02. The van der Waals surface area contributed by atoms with Crippen LogP contribution < -0.4 is 0 Å². The topological polar surface area (TPSA) is 55.1 Å². The highest BCUT2D eigenvalue weighted by atomic mass is 16.4. The van der Waals surface area contributed by atoms with Gasteiger partial charge in [-0.3, -0.25) is 4.57 Å². The molecule has 1 heterocycles. The van der Waals surface area contributed by atoms with Gasteiger partial charge >= 0.3 is 5.97 Å². The van der Waals surface area contributed by atoms with Gasteiger partial charge in [-0.1, -0.05) is 18.2 Å². The van der Waals surface area contributed by atoms with Crippen LogP contribution in [0.4, 0.5) is 0 Å². The number of hydrogen-bond donors (Lipinski definition) is 1. The normalized spacial score (nSPS) is 11.3. The van der Waals surface area contributed by atoms with Crippen LogP contribution in [-0.2, 0) is 4.79 Å². The maximum absolute atomic E-state index is 10.6. The van der Waals surface area contributed by atoms with Crippen molar-refractivity contribution in [3.05, 3.63) is 66.0 Å². The van der Waals surface area contributed by atoms with Crippen molar-refractivity contribution in [3.63, 3.8) is 0 Å². The van der Waals surface area contributed by atoms with Crippen molar-refractivity contribution in [1.29, 1.82) is 0 Å². The molecular weight excluding hydrogens is 264 g/mol. The summed E-state index contributed by atoms with van der Waals surface area (Å²) in [6.07, 6.45) is 4.55. The fraction of sp³-hybridized carbons (Fsp3) is 0.0588. The van der Waals surface area contributed by atoms with Crippen LogP contribution in [0.1, 0.15) is 11.1 Å². The fourth-order valence-corrected chi connectivity index (χ4v) is 2.32. The summed E-state index contributed by atoms with van der Waals surface area (Å²) >= 11 is 0. The molecule has 4 nitrogen and oxygen atoms in total. The molecule has 0 aliphatic heterocycles. The molecule has 0 spiro atoms. The molecule has 0 aliphatic carbocycles. The largest absolute Gasteiger partial charge is 0.478 e. The Morgan fingerprint density at radius 3 is 2.81 bits per heavy atom. The smallest absolute Gasteiger partial charge is 0.328 e. The van der Waals surface area contributed by atoms with Crippen LogP contribution >= 0.6 is 0 Å². The number of aliphatic carboxylic acids is 1. The van der Waals surface area contributed by atoms with Gasteiger partial charge < -0.3 is 5.11 Å². The van der Waals surface area contributed by atoms with E-state index in [1.165, 1.54) is 0 Å². The molecule has 3 aromatic rings. The zero-order valence-corrected chi connectivity index (χ0v) is 11.5. The van der Waals surface area contributed by atoms with E-state index in [-0.39, 0.29) is 0 Å². The van der Waals surface area contributed by atoms with Crippen LogP contribution in [0.3, 0.4) is 0 Å². The molecule has 0 radical (unpaired) electrons. The Hall–Kier alpha value is -2.88. The number of hydrogen-bond acceptors (Lipinski definition) is 2. The lowest BCUT2D eigenvalue weighted by Gasteiger charge is -2.07. The Balaban J connectivity index is 2.04. The first-order valence-electron chi connectivity index (χ1n) is 6.59. The number of aryl methyl sites for hydroxylation is 1. The first-order valence-corrected chi connectivity index (χ1v) is 6.59. The Morgan fingerprint density at radius 2 is 2.05 bits per heavy atom. The van der Waals surface area contributed by atoms with Crippen LogP contribution in [0.25, 0.3) is 22.8 Å². The molecule has 0 aliphatic rings. The van der Waals surface area contributed by atoms with E-state index in [4.69, 9.17) is 5.11 Å². The molecule has 0 fully saturated rings. The highest BCUT2D eigenvalue weighted by molar-refractivity contribution is 5.85. The van der Waals surface area contributed by atoms with E-state index in [0.717, 1.165) is 33.9 Å². The maximum atomic E-state index is 10.6. The van der Waals surface area contributed by atoms with Crippen molar-refractivity contribution < 1.29 is 9.90 Å². The van der Waals surface area contributed by atoms with Crippen LogP contribution in [-0.4, -0.2) is 20.6 Å². The number of carboxylic acid groups (broad SMARTS) is 1. The summed E-state index contributed by atoms with van der Waals surface area (Å²) in [7, 11) is 0. The molecule has 4 heteroatoms. The lowest BCUT2D eigenvalue weighted by molar-refractivity contribution is -0.131. The fourth-order valence-electron chi connectivity index (χ4n) is 2.32. The van der Waals surface area contributed by atoms with Gasteiger partial charge in [-0.05, 0) is 48.4 Å². The third-order valence-electron chi connectivity index (χ3n) is 3.39. The van der Waals surface area contributed by atoms with Gasteiger partial charge in [0, 0.05) is 11.8 Å². The summed E-state index contributed by atoms with van der Waals surface area (Å²) in [4.78, 5) is 15.0. The highest BCUT2D eigenvalue weighted by Gasteiger charge is 2.05. The number of fused-ring (bicyclic) bond motifs is 1. The van der Waals surface area contributed by atoms with Gasteiger partial charge in [0.25, 0.3) is 0 Å². The monoisotopic (exact) mass is 278 g/mol. The number of carbonyl (C=O) groups is 1. The number of aromatic nitrogens is 2. The lowest BCUT2D eigenvalue weighted by atomic mass is 10.1. The van der Waals surface area contributed by atoms with Crippen LogP contribution in [0.5, 0.6) is 0 Å². The number of imidazole rings is 1. The summed E-state index contributed by atoms with van der Waals surface area (Å²) in [5.74, 6) is -0.945. The molecule has 0 bridgehead atoms. The third kappa shape index (κ3) is 2.56. The van der Waals surface area contributed by atoms with E-state index < -0.39 is 5.97 Å². The number of rotatable bonds is 3. The highest BCUT2D eigenvalue weighted by Crippen LogP contribution is 2.20. The predicted molar refractivity (Wildman–Crippen MR) is 82.5 cm³/mol. The van der Waals surface area contributed by atoms with Gasteiger partial charge in [0.2, 0.25) is 0 Å². The minimum absolute atomic E-state index is 0.894. The zero-order chi connectivity index (χ0) is 14.8. The van der Waals surface area contributed by atoms with E-state index in [9.17, 15) is 4.79 Å². The summed E-state index contributed by atoms with van der Waals surface area (Å²) in [6, 6.07) is 13.8. The molecule has 0 saturated carbocycles. The Kier molecular flexibility index (Phi) is 3.28. The molecule has 2 aromatic carbocycles. The van der Waals surface area contributed by atoms with Crippen LogP contribution in [0.2, 0.25) is 0 Å². The molecule has 0 saturated heterocycles. The summed E-state index contributed by atoms with van der Waals surface area (Å²) in [6.45, 7) is 1.96.